The number of anilines is 2. The van der Waals surface area contributed by atoms with E-state index in [0.717, 1.165) is 4.31 Å². The number of ether oxygens (including phenoxy) is 3. The van der Waals surface area contributed by atoms with Crippen LogP contribution < -0.4 is 23.2 Å². The zero-order valence-corrected chi connectivity index (χ0v) is 19.8. The van der Waals surface area contributed by atoms with Crippen molar-refractivity contribution in [3.8, 4) is 17.2 Å². The van der Waals surface area contributed by atoms with E-state index < -0.39 is 31.9 Å². The zero-order valence-electron chi connectivity index (χ0n) is 18.2. The molecule has 1 N–H and O–H groups in total. The highest BCUT2D eigenvalue weighted by molar-refractivity contribution is 7.94. The molecular formula is C20H24N2O8S2. The third kappa shape index (κ3) is 4.19. The molecule has 0 radical (unpaired) electrons. The Morgan fingerprint density at radius 1 is 1.03 bits per heavy atom. The summed E-state index contributed by atoms with van der Waals surface area (Å²) >= 11 is 0. The highest BCUT2D eigenvalue weighted by Gasteiger charge is 2.42. The number of amides is 1. The second-order valence-electron chi connectivity index (χ2n) is 7.25. The van der Waals surface area contributed by atoms with E-state index in [1.807, 2.05) is 0 Å². The molecule has 0 spiro atoms. The average Bonchev–Trinajstić information content (AvgIpc) is 2.92. The van der Waals surface area contributed by atoms with Crippen LogP contribution in [0.3, 0.4) is 0 Å². The molecule has 2 aromatic rings. The van der Waals surface area contributed by atoms with Crippen LogP contribution in [0.25, 0.3) is 0 Å². The van der Waals surface area contributed by atoms with Crippen LogP contribution in [0.15, 0.2) is 35.2 Å². The molecule has 1 atom stereocenters. The summed E-state index contributed by atoms with van der Waals surface area (Å²) < 4.78 is 69.6. The van der Waals surface area contributed by atoms with E-state index in [1.54, 1.807) is 0 Å². The maximum Gasteiger partial charge on any atom is 0.262 e. The van der Waals surface area contributed by atoms with E-state index in [9.17, 15) is 21.6 Å². The lowest BCUT2D eigenvalue weighted by Gasteiger charge is -2.18. The number of sulfonamides is 2. The van der Waals surface area contributed by atoms with Crippen molar-refractivity contribution in [2.45, 2.75) is 18.7 Å². The lowest BCUT2D eigenvalue weighted by Crippen LogP contribution is -2.30. The molecule has 0 bridgehead atoms. The largest absolute Gasteiger partial charge is 0.493 e. The standard InChI is InChI=1S/C20H24N2O8S2/c1-12-8-15(22-20(23)13(2)11-31(22,24)25)6-7-18(12)32(26,27)21-14-9-16(28-3)19(30-5)17(10-14)29-4/h6-10,13,21H,11H2,1-5H3. The maximum atomic E-state index is 13.0. The number of hydrogen-bond acceptors (Lipinski definition) is 8. The number of nitrogens with one attached hydrogen (secondary N) is 1. The predicted octanol–water partition coefficient (Wildman–Crippen LogP) is 2.13. The van der Waals surface area contributed by atoms with Gasteiger partial charge in [-0.25, -0.2) is 21.1 Å². The molecule has 32 heavy (non-hydrogen) atoms. The Bertz CT molecular complexity index is 1250. The topological polar surface area (TPSA) is 128 Å². The number of rotatable bonds is 7. The average molecular weight is 485 g/mol. The Morgan fingerprint density at radius 3 is 2.06 bits per heavy atom. The summed E-state index contributed by atoms with van der Waals surface area (Å²) in [5, 5.41) is 0. The minimum Gasteiger partial charge on any atom is -0.493 e. The van der Waals surface area contributed by atoms with Crippen LogP contribution in [-0.2, 0) is 24.8 Å². The quantitative estimate of drug-likeness (QED) is 0.633. The minimum atomic E-state index is -4.06. The van der Waals surface area contributed by atoms with Crippen molar-refractivity contribution in [3.63, 3.8) is 0 Å². The van der Waals surface area contributed by atoms with E-state index >= 15 is 0 Å². The molecule has 3 rings (SSSR count). The third-order valence-corrected chi connectivity index (χ3v) is 8.37. The first-order valence-electron chi connectivity index (χ1n) is 9.45. The van der Waals surface area contributed by atoms with E-state index in [-0.39, 0.29) is 39.1 Å². The molecule has 1 heterocycles. The Hall–Kier alpha value is -2.99. The first-order chi connectivity index (χ1) is 14.9. The smallest absolute Gasteiger partial charge is 0.262 e. The zero-order chi connectivity index (χ0) is 23.8. The normalized spacial score (nSPS) is 17.8. The van der Waals surface area contributed by atoms with Gasteiger partial charge in [0.25, 0.3) is 10.0 Å². The number of carbonyl (C=O) groups excluding carboxylic acids is 1. The van der Waals surface area contributed by atoms with Crippen LogP contribution in [0, 0.1) is 12.8 Å². The summed E-state index contributed by atoms with van der Waals surface area (Å²) in [5.74, 6) is -0.648. The molecule has 1 aliphatic rings. The molecule has 12 heteroatoms. The molecule has 1 unspecified atom stereocenters. The summed E-state index contributed by atoms with van der Waals surface area (Å²) in [6.45, 7) is 3.05. The van der Waals surface area contributed by atoms with Gasteiger partial charge in [0, 0.05) is 12.1 Å². The van der Waals surface area contributed by atoms with Crippen LogP contribution in [-0.4, -0.2) is 49.8 Å². The fourth-order valence-corrected chi connectivity index (χ4v) is 6.58. The molecule has 0 aliphatic carbocycles. The number of nitrogens with zero attached hydrogens (tertiary/aromatic N) is 1. The number of benzene rings is 2. The minimum absolute atomic E-state index is 0.0768. The first kappa shape index (κ1) is 23.7. The van der Waals surface area contributed by atoms with E-state index in [0.29, 0.717) is 5.75 Å². The molecular weight excluding hydrogens is 460 g/mol. The van der Waals surface area contributed by atoms with Gasteiger partial charge in [0.05, 0.1) is 49.3 Å². The van der Waals surface area contributed by atoms with Gasteiger partial charge in [-0.15, -0.1) is 0 Å². The van der Waals surface area contributed by atoms with Crippen molar-refractivity contribution in [1.82, 2.24) is 0 Å². The molecule has 174 valence electrons. The molecule has 2 aromatic carbocycles. The molecule has 1 fully saturated rings. The predicted molar refractivity (Wildman–Crippen MR) is 119 cm³/mol. The van der Waals surface area contributed by atoms with E-state index in [1.165, 1.54) is 65.5 Å². The van der Waals surface area contributed by atoms with Crippen molar-refractivity contribution in [1.29, 1.82) is 0 Å². The van der Waals surface area contributed by atoms with Crippen LogP contribution in [0.4, 0.5) is 11.4 Å². The number of methoxy groups -OCH3 is 3. The Morgan fingerprint density at radius 2 is 1.62 bits per heavy atom. The summed E-state index contributed by atoms with van der Waals surface area (Å²) in [5.41, 5.74) is 0.544. The maximum absolute atomic E-state index is 13.0. The third-order valence-electron chi connectivity index (χ3n) is 4.96. The summed E-state index contributed by atoms with van der Waals surface area (Å²) in [6, 6.07) is 6.80. The Labute approximate surface area is 187 Å². The lowest BCUT2D eigenvalue weighted by atomic mass is 10.2. The Balaban J connectivity index is 1.98. The van der Waals surface area contributed by atoms with Crippen LogP contribution in [0.2, 0.25) is 0 Å². The van der Waals surface area contributed by atoms with Gasteiger partial charge in [0.1, 0.15) is 0 Å². The lowest BCUT2D eigenvalue weighted by molar-refractivity contribution is -0.119. The van der Waals surface area contributed by atoms with Gasteiger partial charge < -0.3 is 14.2 Å². The number of aryl methyl sites for hydroxylation is 1. The summed E-state index contributed by atoms with van der Waals surface area (Å²) in [4.78, 5) is 12.2. The van der Waals surface area contributed by atoms with Gasteiger partial charge in [-0.1, -0.05) is 6.92 Å². The van der Waals surface area contributed by atoms with Gasteiger partial charge in [-0.05, 0) is 30.7 Å². The van der Waals surface area contributed by atoms with Gasteiger partial charge in [0.15, 0.2) is 11.5 Å². The fraction of sp³-hybridized carbons (Fsp3) is 0.350. The summed E-state index contributed by atoms with van der Waals surface area (Å²) in [6.07, 6.45) is 0. The second kappa shape index (κ2) is 8.51. The first-order valence-corrected chi connectivity index (χ1v) is 12.5. The van der Waals surface area contributed by atoms with Crippen molar-refractivity contribution in [2.75, 3.05) is 36.1 Å². The van der Waals surface area contributed by atoms with Crippen molar-refractivity contribution in [2.24, 2.45) is 5.92 Å². The van der Waals surface area contributed by atoms with Gasteiger partial charge in [-0.2, -0.15) is 0 Å². The monoisotopic (exact) mass is 484 g/mol. The van der Waals surface area contributed by atoms with E-state index in [2.05, 4.69) is 4.72 Å². The van der Waals surface area contributed by atoms with Crippen LogP contribution in [0.5, 0.6) is 17.2 Å². The molecule has 10 nitrogen and oxygen atoms in total. The van der Waals surface area contributed by atoms with Crippen molar-refractivity contribution >= 4 is 37.3 Å². The second-order valence-corrected chi connectivity index (χ2v) is 10.8. The van der Waals surface area contributed by atoms with Crippen molar-refractivity contribution in [3.05, 3.63) is 35.9 Å². The molecule has 1 amide bonds. The summed E-state index contributed by atoms with van der Waals surface area (Å²) in [7, 11) is -3.61. The molecule has 0 saturated carbocycles. The molecule has 1 saturated heterocycles. The van der Waals surface area contributed by atoms with Crippen molar-refractivity contribution < 1.29 is 35.8 Å². The highest BCUT2D eigenvalue weighted by atomic mass is 32.2. The number of carbonyl (C=O) groups is 1. The molecule has 1 aliphatic heterocycles. The van der Waals surface area contributed by atoms with Crippen LogP contribution >= 0.6 is 0 Å². The SMILES string of the molecule is COc1cc(NS(=O)(=O)c2ccc(N3C(=O)C(C)CS3(=O)=O)cc2C)cc(OC)c1OC. The fourth-order valence-electron chi connectivity index (χ4n) is 3.50. The Kier molecular flexibility index (Phi) is 6.29. The molecule has 0 aromatic heterocycles. The van der Waals surface area contributed by atoms with Gasteiger partial charge in [0.2, 0.25) is 21.7 Å². The van der Waals surface area contributed by atoms with Gasteiger partial charge in [-0.3, -0.25) is 9.52 Å². The van der Waals surface area contributed by atoms with Gasteiger partial charge >= 0.3 is 0 Å². The van der Waals surface area contributed by atoms with Crippen LogP contribution in [0.1, 0.15) is 12.5 Å². The van der Waals surface area contributed by atoms with E-state index in [4.69, 9.17) is 14.2 Å². The number of hydrogen-bond donors (Lipinski definition) is 1. The highest BCUT2D eigenvalue weighted by Crippen LogP contribution is 2.40.